The molecule has 0 aromatic carbocycles. The monoisotopic (exact) mass is 967 g/mol. The number of carbonyl (C=O) groups is 3. The molecular formula is C63H114O6. The summed E-state index contributed by atoms with van der Waals surface area (Å²) in [5, 5.41) is 0. The first-order valence-electron chi connectivity index (χ1n) is 30.1. The molecule has 402 valence electrons. The van der Waals surface area contributed by atoms with Gasteiger partial charge >= 0.3 is 17.9 Å². The summed E-state index contributed by atoms with van der Waals surface area (Å²) >= 11 is 0. The van der Waals surface area contributed by atoms with Crippen LogP contribution in [0.3, 0.4) is 0 Å². The number of ether oxygens (including phenoxy) is 3. The first-order valence-corrected chi connectivity index (χ1v) is 30.1. The third kappa shape index (κ3) is 56.2. The van der Waals surface area contributed by atoms with Crippen LogP contribution >= 0.6 is 0 Å². The van der Waals surface area contributed by atoms with Crippen LogP contribution in [0.4, 0.5) is 0 Å². The minimum Gasteiger partial charge on any atom is -0.462 e. The molecule has 0 aliphatic rings. The van der Waals surface area contributed by atoms with Gasteiger partial charge in [-0.2, -0.15) is 0 Å². The average molecular weight is 968 g/mol. The Balaban J connectivity index is 4.25. The molecule has 69 heavy (non-hydrogen) atoms. The predicted octanol–water partition coefficient (Wildman–Crippen LogP) is 20.2. The highest BCUT2D eigenvalue weighted by molar-refractivity contribution is 5.71. The van der Waals surface area contributed by atoms with Crippen LogP contribution in [0.5, 0.6) is 0 Å². The molecule has 0 N–H and O–H groups in total. The van der Waals surface area contributed by atoms with E-state index in [9.17, 15) is 14.4 Å². The maximum Gasteiger partial charge on any atom is 0.306 e. The Morgan fingerprint density at radius 1 is 0.290 bits per heavy atom. The van der Waals surface area contributed by atoms with Crippen molar-refractivity contribution in [2.75, 3.05) is 13.2 Å². The predicted molar refractivity (Wildman–Crippen MR) is 298 cm³/mol. The van der Waals surface area contributed by atoms with E-state index in [4.69, 9.17) is 14.2 Å². The fourth-order valence-electron chi connectivity index (χ4n) is 8.74. The lowest BCUT2D eigenvalue weighted by Gasteiger charge is -2.18. The molecule has 0 aromatic heterocycles. The van der Waals surface area contributed by atoms with Crippen LogP contribution in [-0.2, 0) is 28.6 Å². The smallest absolute Gasteiger partial charge is 0.306 e. The van der Waals surface area contributed by atoms with E-state index in [1.807, 2.05) is 0 Å². The quantitative estimate of drug-likeness (QED) is 0.0262. The number of rotatable bonds is 55. The first kappa shape index (κ1) is 66.4. The summed E-state index contributed by atoms with van der Waals surface area (Å²) in [6.45, 7) is 6.63. The van der Waals surface area contributed by atoms with Crippen molar-refractivity contribution in [3.63, 3.8) is 0 Å². The standard InChI is InChI=1S/C63H114O6/c1-4-7-10-13-16-19-22-25-26-27-28-29-30-31-32-33-34-35-36-39-41-44-47-50-53-56-62(65)68-59-60(69-63(66)57-54-51-48-45-42-38-24-21-18-15-12-9-6-3)58-67-61(64)55-52-49-46-43-40-37-23-20-17-14-11-8-5-2/h21-22,24-25,27-28,30-31,60H,4-20,23,26,29,32-59H2,1-3H3/b24-21-,25-22-,28-27-,31-30-. The fraction of sp³-hybridized carbons (Fsp3) is 0.825. The van der Waals surface area contributed by atoms with Gasteiger partial charge in [-0.3, -0.25) is 14.4 Å². The Morgan fingerprint density at radius 3 is 0.841 bits per heavy atom. The summed E-state index contributed by atoms with van der Waals surface area (Å²) in [5.41, 5.74) is 0. The summed E-state index contributed by atoms with van der Waals surface area (Å²) in [6, 6.07) is 0. The van der Waals surface area contributed by atoms with Gasteiger partial charge in [0.15, 0.2) is 6.10 Å². The van der Waals surface area contributed by atoms with E-state index in [0.717, 1.165) is 77.0 Å². The van der Waals surface area contributed by atoms with Gasteiger partial charge in [-0.1, -0.05) is 262 Å². The topological polar surface area (TPSA) is 78.9 Å². The molecule has 6 heteroatoms. The van der Waals surface area contributed by atoms with Crippen LogP contribution in [0, 0.1) is 0 Å². The number of allylic oxidation sites excluding steroid dienone is 8. The molecule has 0 aliphatic carbocycles. The Kier molecular flexibility index (Phi) is 55.7. The van der Waals surface area contributed by atoms with Crippen molar-refractivity contribution in [2.45, 2.75) is 322 Å². The van der Waals surface area contributed by atoms with E-state index >= 15 is 0 Å². The molecule has 0 saturated carbocycles. The average Bonchev–Trinajstić information content (AvgIpc) is 3.35. The SMILES string of the molecule is CCCCCC/C=C\CCCCCCCC(=O)OC(COC(=O)CCCCCCCCCCCC/C=C\C/C=C\C/C=C\CCCCCCC)COC(=O)CCCCCCCCCCCCCCC. The van der Waals surface area contributed by atoms with E-state index in [-0.39, 0.29) is 31.1 Å². The number of hydrogen-bond donors (Lipinski definition) is 0. The summed E-state index contributed by atoms with van der Waals surface area (Å²) in [6.07, 6.45) is 71.1. The highest BCUT2D eigenvalue weighted by atomic mass is 16.6. The summed E-state index contributed by atoms with van der Waals surface area (Å²) in [5.74, 6) is -0.872. The van der Waals surface area contributed by atoms with Gasteiger partial charge in [-0.25, -0.2) is 0 Å². The highest BCUT2D eigenvalue weighted by Crippen LogP contribution is 2.16. The molecule has 0 rings (SSSR count). The van der Waals surface area contributed by atoms with Gasteiger partial charge in [-0.15, -0.1) is 0 Å². The van der Waals surface area contributed by atoms with Crippen LogP contribution in [-0.4, -0.2) is 37.2 Å². The summed E-state index contributed by atoms with van der Waals surface area (Å²) in [4.78, 5) is 38.1. The van der Waals surface area contributed by atoms with Gasteiger partial charge in [0.2, 0.25) is 0 Å². The first-order chi connectivity index (χ1) is 34.0. The summed E-state index contributed by atoms with van der Waals surface area (Å²) < 4.78 is 16.9. The van der Waals surface area contributed by atoms with Gasteiger partial charge in [-0.05, 0) is 83.5 Å². The van der Waals surface area contributed by atoms with Crippen molar-refractivity contribution in [3.8, 4) is 0 Å². The zero-order valence-corrected chi connectivity index (χ0v) is 46.1. The Labute approximate surface area is 428 Å². The molecule has 0 amide bonds. The Morgan fingerprint density at radius 2 is 0.522 bits per heavy atom. The van der Waals surface area contributed by atoms with E-state index in [1.165, 1.54) is 199 Å². The van der Waals surface area contributed by atoms with Gasteiger partial charge < -0.3 is 14.2 Å². The Bertz CT molecular complexity index is 1200. The third-order valence-corrected chi connectivity index (χ3v) is 13.3. The highest BCUT2D eigenvalue weighted by Gasteiger charge is 2.19. The second-order valence-electron chi connectivity index (χ2n) is 20.3. The number of carbonyl (C=O) groups excluding carboxylic acids is 3. The largest absolute Gasteiger partial charge is 0.462 e. The van der Waals surface area contributed by atoms with Gasteiger partial charge in [0.25, 0.3) is 0 Å². The van der Waals surface area contributed by atoms with Crippen LogP contribution in [0.15, 0.2) is 48.6 Å². The molecule has 0 aromatic rings. The molecule has 0 aliphatic heterocycles. The molecule has 0 spiro atoms. The fourth-order valence-corrected chi connectivity index (χ4v) is 8.74. The number of unbranched alkanes of at least 4 members (excludes halogenated alkanes) is 36. The van der Waals surface area contributed by atoms with Crippen LogP contribution in [0.25, 0.3) is 0 Å². The number of hydrogen-bond acceptors (Lipinski definition) is 6. The maximum atomic E-state index is 12.8. The van der Waals surface area contributed by atoms with Crippen molar-refractivity contribution >= 4 is 17.9 Å². The normalized spacial score (nSPS) is 12.3. The van der Waals surface area contributed by atoms with Crippen LogP contribution in [0.2, 0.25) is 0 Å². The zero-order chi connectivity index (χ0) is 50.0. The second-order valence-corrected chi connectivity index (χ2v) is 20.3. The van der Waals surface area contributed by atoms with Crippen molar-refractivity contribution in [1.29, 1.82) is 0 Å². The van der Waals surface area contributed by atoms with Crippen LogP contribution in [0.1, 0.15) is 316 Å². The molecule has 0 saturated heterocycles. The van der Waals surface area contributed by atoms with E-state index < -0.39 is 6.10 Å². The van der Waals surface area contributed by atoms with E-state index in [2.05, 4.69) is 69.4 Å². The van der Waals surface area contributed by atoms with E-state index in [0.29, 0.717) is 19.3 Å². The molecule has 0 heterocycles. The van der Waals surface area contributed by atoms with Gasteiger partial charge in [0, 0.05) is 19.3 Å². The molecule has 0 radical (unpaired) electrons. The maximum absolute atomic E-state index is 12.8. The third-order valence-electron chi connectivity index (χ3n) is 13.3. The molecule has 1 unspecified atom stereocenters. The summed E-state index contributed by atoms with van der Waals surface area (Å²) in [7, 11) is 0. The molecule has 6 nitrogen and oxygen atoms in total. The Hall–Kier alpha value is -2.63. The lowest BCUT2D eigenvalue weighted by Crippen LogP contribution is -2.30. The minimum absolute atomic E-state index is 0.0743. The van der Waals surface area contributed by atoms with Gasteiger partial charge in [0.05, 0.1) is 0 Å². The van der Waals surface area contributed by atoms with Crippen molar-refractivity contribution < 1.29 is 28.6 Å². The molecule has 0 bridgehead atoms. The van der Waals surface area contributed by atoms with Crippen molar-refractivity contribution in [2.24, 2.45) is 0 Å². The molecular weight excluding hydrogens is 853 g/mol. The second kappa shape index (κ2) is 57.9. The van der Waals surface area contributed by atoms with E-state index in [1.54, 1.807) is 0 Å². The lowest BCUT2D eigenvalue weighted by atomic mass is 10.0. The zero-order valence-electron chi connectivity index (χ0n) is 46.1. The van der Waals surface area contributed by atoms with Crippen LogP contribution < -0.4 is 0 Å². The van der Waals surface area contributed by atoms with Gasteiger partial charge in [0.1, 0.15) is 13.2 Å². The molecule has 0 fully saturated rings. The minimum atomic E-state index is -0.776. The molecule has 1 atom stereocenters. The van der Waals surface area contributed by atoms with Crippen molar-refractivity contribution in [1.82, 2.24) is 0 Å². The number of esters is 3. The lowest BCUT2D eigenvalue weighted by molar-refractivity contribution is -0.167. The van der Waals surface area contributed by atoms with Crippen molar-refractivity contribution in [3.05, 3.63) is 48.6 Å².